The Kier molecular flexibility index (Phi) is 13.0. The molecule has 0 saturated carbocycles. The third-order valence-electron chi connectivity index (χ3n) is 2.14. The summed E-state index contributed by atoms with van der Waals surface area (Å²) >= 11 is 0. The molecular weight excluding hydrogens is 264 g/mol. The maximum atomic E-state index is 11.1. The van der Waals surface area contributed by atoms with E-state index in [1.807, 2.05) is 6.92 Å². The normalized spacial score (nSPS) is 10.2. The van der Waals surface area contributed by atoms with Crippen LogP contribution in [0.25, 0.3) is 0 Å². The van der Waals surface area contributed by atoms with E-state index in [0.717, 1.165) is 0 Å². The van der Waals surface area contributed by atoms with Crippen LogP contribution in [0.15, 0.2) is 24.8 Å². The van der Waals surface area contributed by atoms with Crippen LogP contribution in [0.1, 0.15) is 20.3 Å². The first-order valence-corrected chi connectivity index (χ1v) is 7.91. The second-order valence-electron chi connectivity index (χ2n) is 3.72. The minimum absolute atomic E-state index is 0.316. The highest BCUT2D eigenvalue weighted by molar-refractivity contribution is 6.60. The van der Waals surface area contributed by atoms with E-state index < -0.39 is 8.80 Å². The largest absolute Gasteiger partial charge is 0.500 e. The van der Waals surface area contributed by atoms with Crippen molar-refractivity contribution in [3.05, 3.63) is 24.8 Å². The van der Waals surface area contributed by atoms with Crippen LogP contribution >= 0.6 is 0 Å². The molecule has 112 valence electrons. The number of carbonyl (C=O) groups is 1. The minimum Gasteiger partial charge on any atom is -0.462 e. The fourth-order valence-electron chi connectivity index (χ4n) is 1.13. The summed E-state index contributed by atoms with van der Waals surface area (Å²) in [5.41, 5.74) is 0.397. The molecule has 0 fully saturated rings. The molecule has 0 aliphatic carbocycles. The number of ether oxygens (including phenoxy) is 1. The molecule has 0 amide bonds. The summed E-state index contributed by atoms with van der Waals surface area (Å²) in [6.07, 6.45) is 2.39. The Balaban J connectivity index is 0. The first-order valence-electron chi connectivity index (χ1n) is 5.98. The molecule has 0 bridgehead atoms. The van der Waals surface area contributed by atoms with E-state index in [-0.39, 0.29) is 5.97 Å². The number of esters is 1. The lowest BCUT2D eigenvalue weighted by Crippen LogP contribution is -2.42. The summed E-state index contributed by atoms with van der Waals surface area (Å²) < 4.78 is 20.6. The van der Waals surface area contributed by atoms with E-state index in [9.17, 15) is 4.79 Å². The zero-order chi connectivity index (χ0) is 15.3. The van der Waals surface area contributed by atoms with Crippen LogP contribution in [0.2, 0.25) is 6.04 Å². The molecule has 0 aromatic heterocycles. The Labute approximate surface area is 117 Å². The maximum Gasteiger partial charge on any atom is 0.500 e. The molecule has 0 rings (SSSR count). The predicted octanol–water partition coefficient (Wildman–Crippen LogP) is 2.57. The molecule has 0 N–H and O–H groups in total. The molecule has 0 atom stereocenters. The quantitative estimate of drug-likeness (QED) is 0.226. The van der Waals surface area contributed by atoms with E-state index in [1.54, 1.807) is 34.3 Å². The molecule has 19 heavy (non-hydrogen) atoms. The zero-order valence-electron chi connectivity index (χ0n) is 12.7. The third-order valence-corrected chi connectivity index (χ3v) is 4.97. The van der Waals surface area contributed by atoms with Gasteiger partial charge in [-0.2, -0.15) is 0 Å². The molecule has 0 aromatic rings. The van der Waals surface area contributed by atoms with Crippen molar-refractivity contribution in [1.82, 2.24) is 0 Å². The van der Waals surface area contributed by atoms with Gasteiger partial charge in [-0.3, -0.25) is 0 Å². The van der Waals surface area contributed by atoms with Gasteiger partial charge in [0, 0.05) is 32.9 Å². The average molecular weight is 290 g/mol. The summed E-state index contributed by atoms with van der Waals surface area (Å²) in [5.74, 6) is -0.375. The highest BCUT2D eigenvalue weighted by Gasteiger charge is 2.36. The number of carbonyl (C=O) groups excluding carboxylic acids is 1. The molecule has 0 aliphatic rings. The minimum atomic E-state index is -2.53. The summed E-state index contributed by atoms with van der Waals surface area (Å²) in [6.45, 7) is 10.7. The third kappa shape index (κ3) is 9.60. The summed E-state index contributed by atoms with van der Waals surface area (Å²) in [5, 5.41) is 0. The van der Waals surface area contributed by atoms with E-state index in [1.165, 1.54) is 0 Å². The molecule has 0 aromatic carbocycles. The molecule has 0 heterocycles. The number of rotatable bonds is 8. The monoisotopic (exact) mass is 290 g/mol. The van der Waals surface area contributed by atoms with Gasteiger partial charge in [0.25, 0.3) is 0 Å². The highest BCUT2D eigenvalue weighted by Crippen LogP contribution is 2.14. The summed E-state index contributed by atoms with van der Waals surface area (Å²) in [7, 11) is 2.13. The first-order chi connectivity index (χ1) is 8.92. The van der Waals surface area contributed by atoms with Crippen molar-refractivity contribution in [3.63, 3.8) is 0 Å². The van der Waals surface area contributed by atoms with Gasteiger partial charge in [0.15, 0.2) is 0 Å². The van der Waals surface area contributed by atoms with Gasteiger partial charge in [0.05, 0.1) is 6.61 Å². The van der Waals surface area contributed by atoms with Crippen molar-refractivity contribution in [2.75, 3.05) is 27.9 Å². The molecule has 0 aliphatic heterocycles. The first kappa shape index (κ1) is 20.4. The van der Waals surface area contributed by atoms with Gasteiger partial charge < -0.3 is 18.0 Å². The van der Waals surface area contributed by atoms with Crippen LogP contribution in [0.4, 0.5) is 0 Å². The van der Waals surface area contributed by atoms with E-state index in [2.05, 4.69) is 13.2 Å². The average Bonchev–Trinajstić information content (AvgIpc) is 2.40. The highest BCUT2D eigenvalue weighted by atomic mass is 28.4. The second kappa shape index (κ2) is 12.1. The molecular formula is C13H26O5Si. The van der Waals surface area contributed by atoms with Crippen LogP contribution in [0.5, 0.6) is 0 Å². The molecule has 0 unspecified atom stereocenters. The molecule has 0 saturated heterocycles. The molecule has 0 radical (unpaired) electrons. The van der Waals surface area contributed by atoms with Crippen LogP contribution < -0.4 is 0 Å². The van der Waals surface area contributed by atoms with Gasteiger partial charge in [-0.25, -0.2) is 4.79 Å². The zero-order valence-corrected chi connectivity index (χ0v) is 13.7. The van der Waals surface area contributed by atoms with Gasteiger partial charge in [-0.05, 0) is 20.3 Å². The Bertz CT molecular complexity index is 266. The van der Waals surface area contributed by atoms with Crippen LogP contribution in [-0.2, 0) is 22.8 Å². The van der Waals surface area contributed by atoms with Crippen molar-refractivity contribution in [2.45, 2.75) is 26.3 Å². The van der Waals surface area contributed by atoms with E-state index in [4.69, 9.17) is 18.0 Å². The smallest absolute Gasteiger partial charge is 0.462 e. The Morgan fingerprint density at radius 2 is 1.63 bits per heavy atom. The Morgan fingerprint density at radius 1 is 1.21 bits per heavy atom. The number of hydrogen-bond acceptors (Lipinski definition) is 5. The van der Waals surface area contributed by atoms with Crippen LogP contribution in [0.3, 0.4) is 0 Å². The van der Waals surface area contributed by atoms with Crippen LogP contribution in [0, 0.1) is 0 Å². The Morgan fingerprint density at radius 3 is 1.95 bits per heavy atom. The lowest BCUT2D eigenvalue weighted by Gasteiger charge is -2.24. The van der Waals surface area contributed by atoms with Crippen LogP contribution in [-0.4, -0.2) is 42.7 Å². The van der Waals surface area contributed by atoms with Crippen molar-refractivity contribution in [1.29, 1.82) is 0 Å². The maximum absolute atomic E-state index is 11.1. The summed E-state index contributed by atoms with van der Waals surface area (Å²) in [6, 6.07) is 0.611. The fourth-order valence-corrected chi connectivity index (χ4v) is 2.82. The van der Waals surface area contributed by atoms with Gasteiger partial charge >= 0.3 is 14.8 Å². The fraction of sp³-hybridized carbons (Fsp3) is 0.615. The second-order valence-corrected chi connectivity index (χ2v) is 6.81. The van der Waals surface area contributed by atoms with Gasteiger partial charge in [-0.15, -0.1) is 6.58 Å². The molecule has 6 heteroatoms. The number of allylic oxidation sites excluding steroid dienone is 1. The van der Waals surface area contributed by atoms with E-state index >= 15 is 0 Å². The van der Waals surface area contributed by atoms with Crippen molar-refractivity contribution in [3.8, 4) is 0 Å². The molecule has 0 spiro atoms. The predicted molar refractivity (Wildman–Crippen MR) is 77.8 cm³/mol. The number of hydrogen-bond donors (Lipinski definition) is 0. The van der Waals surface area contributed by atoms with Crippen molar-refractivity contribution >= 4 is 14.8 Å². The van der Waals surface area contributed by atoms with Gasteiger partial charge in [-0.1, -0.05) is 12.7 Å². The van der Waals surface area contributed by atoms with E-state index in [0.29, 0.717) is 24.6 Å². The van der Waals surface area contributed by atoms with Gasteiger partial charge in [0.2, 0.25) is 0 Å². The Hall–Kier alpha value is -0.953. The van der Waals surface area contributed by atoms with Crippen molar-refractivity contribution < 1.29 is 22.8 Å². The lowest BCUT2D eigenvalue weighted by atomic mass is 10.4. The SMILES string of the molecule is C=C(C)C(=O)OCCC[Si](OC)(OC)OC.C=CC. The lowest BCUT2D eigenvalue weighted by molar-refractivity contribution is -0.139. The molecule has 5 nitrogen and oxygen atoms in total. The summed E-state index contributed by atoms with van der Waals surface area (Å²) in [4.78, 5) is 11.1. The topological polar surface area (TPSA) is 54.0 Å². The van der Waals surface area contributed by atoms with Gasteiger partial charge in [0.1, 0.15) is 0 Å². The van der Waals surface area contributed by atoms with Crippen molar-refractivity contribution in [2.24, 2.45) is 0 Å². The standard InChI is InChI=1S/C10H20O5Si.C3H6/c1-9(2)10(11)15-7-6-8-16(12-3,13-4)14-5;1-3-2/h1,6-8H2,2-5H3;3H,1H2,2H3.